The van der Waals surface area contributed by atoms with Crippen molar-refractivity contribution in [3.05, 3.63) is 53.3 Å². The molecule has 1 heterocycles. The van der Waals surface area contributed by atoms with Gasteiger partial charge >= 0.3 is 5.97 Å². The number of nitrogens with zero attached hydrogens (tertiary/aromatic N) is 1. The summed E-state index contributed by atoms with van der Waals surface area (Å²) >= 11 is 5.87. The van der Waals surface area contributed by atoms with Crippen molar-refractivity contribution in [1.29, 1.82) is 0 Å². The van der Waals surface area contributed by atoms with Crippen molar-refractivity contribution < 1.29 is 22.7 Å². The summed E-state index contributed by atoms with van der Waals surface area (Å²) in [5, 5.41) is 2.61. The van der Waals surface area contributed by atoms with Gasteiger partial charge in [-0.25, -0.2) is 22.9 Å². The van der Waals surface area contributed by atoms with Gasteiger partial charge in [0, 0.05) is 12.2 Å². The van der Waals surface area contributed by atoms with Crippen LogP contribution in [-0.2, 0) is 19.6 Å². The number of aromatic nitrogens is 1. The largest absolute Gasteiger partial charge is 0.449 e. The van der Waals surface area contributed by atoms with E-state index in [1.54, 1.807) is 26.0 Å². The van der Waals surface area contributed by atoms with E-state index in [0.717, 1.165) is 0 Å². The molecule has 0 spiro atoms. The number of anilines is 1. The van der Waals surface area contributed by atoms with Crippen LogP contribution < -0.4 is 10.0 Å². The fourth-order valence-electron chi connectivity index (χ4n) is 2.16. The van der Waals surface area contributed by atoms with Crippen LogP contribution in [0.5, 0.6) is 0 Å². The first-order valence-electron chi connectivity index (χ1n) is 8.35. The van der Waals surface area contributed by atoms with Crippen LogP contribution in [-0.4, -0.2) is 37.4 Å². The number of carbonyl (C=O) groups excluding carboxylic acids is 2. The standard InChI is InChI=1S/C18H20ClN3O5S/c1-11(2)22-28(25,26)14-7-4-6-13(10-14)18(24)27-12(3)17(23)21-15-8-5-9-20-16(15)19/h4-12,22H,1-3H3,(H,21,23). The van der Waals surface area contributed by atoms with E-state index in [4.69, 9.17) is 16.3 Å². The number of sulfonamides is 1. The molecular formula is C18H20ClN3O5S. The number of benzene rings is 1. The third kappa shape index (κ3) is 5.75. The van der Waals surface area contributed by atoms with Crippen molar-refractivity contribution in [1.82, 2.24) is 9.71 Å². The fraction of sp³-hybridized carbons (Fsp3) is 0.278. The van der Waals surface area contributed by atoms with Crippen LogP contribution in [0, 0.1) is 0 Å². The third-order valence-electron chi connectivity index (χ3n) is 3.44. The van der Waals surface area contributed by atoms with Gasteiger partial charge < -0.3 is 10.1 Å². The van der Waals surface area contributed by atoms with Crippen LogP contribution in [0.4, 0.5) is 5.69 Å². The fourth-order valence-corrected chi connectivity index (χ4v) is 3.63. The number of halogens is 1. The second kappa shape index (κ2) is 9.13. The Balaban J connectivity index is 2.09. The number of ether oxygens (including phenoxy) is 1. The summed E-state index contributed by atoms with van der Waals surface area (Å²) in [6.07, 6.45) is 0.328. The Hall–Kier alpha value is -2.49. The minimum absolute atomic E-state index is 0.00527. The van der Waals surface area contributed by atoms with Crippen molar-refractivity contribution in [3.63, 3.8) is 0 Å². The lowest BCUT2D eigenvalue weighted by molar-refractivity contribution is -0.123. The summed E-state index contributed by atoms with van der Waals surface area (Å²) in [7, 11) is -3.76. The van der Waals surface area contributed by atoms with Crippen LogP contribution in [0.1, 0.15) is 31.1 Å². The molecule has 0 saturated heterocycles. The predicted molar refractivity (Wildman–Crippen MR) is 105 cm³/mol. The van der Waals surface area contributed by atoms with E-state index in [2.05, 4.69) is 15.0 Å². The van der Waals surface area contributed by atoms with E-state index < -0.39 is 28.0 Å². The zero-order valence-electron chi connectivity index (χ0n) is 15.5. The Morgan fingerprint density at radius 3 is 2.50 bits per heavy atom. The van der Waals surface area contributed by atoms with Crippen LogP contribution in [0.25, 0.3) is 0 Å². The normalized spacial score (nSPS) is 12.5. The first-order valence-corrected chi connectivity index (χ1v) is 10.2. The third-order valence-corrected chi connectivity index (χ3v) is 5.40. The van der Waals surface area contributed by atoms with Gasteiger partial charge in [0.1, 0.15) is 0 Å². The van der Waals surface area contributed by atoms with Crippen LogP contribution in [0.2, 0.25) is 5.15 Å². The van der Waals surface area contributed by atoms with E-state index in [1.165, 1.54) is 37.4 Å². The van der Waals surface area contributed by atoms with Crippen molar-refractivity contribution in [3.8, 4) is 0 Å². The highest BCUT2D eigenvalue weighted by Crippen LogP contribution is 2.18. The Bertz CT molecular complexity index is 979. The zero-order valence-corrected chi connectivity index (χ0v) is 17.0. The van der Waals surface area contributed by atoms with E-state index >= 15 is 0 Å². The van der Waals surface area contributed by atoms with Gasteiger partial charge in [-0.2, -0.15) is 0 Å². The second-order valence-corrected chi connectivity index (χ2v) is 8.25. The molecule has 1 amide bonds. The van der Waals surface area contributed by atoms with Gasteiger partial charge in [-0.1, -0.05) is 17.7 Å². The number of amides is 1. The Morgan fingerprint density at radius 1 is 1.14 bits per heavy atom. The highest BCUT2D eigenvalue weighted by molar-refractivity contribution is 7.89. The monoisotopic (exact) mass is 425 g/mol. The topological polar surface area (TPSA) is 114 Å². The smallest absolute Gasteiger partial charge is 0.338 e. The lowest BCUT2D eigenvalue weighted by Gasteiger charge is -2.14. The number of pyridine rings is 1. The van der Waals surface area contributed by atoms with Gasteiger partial charge in [0.15, 0.2) is 11.3 Å². The maximum Gasteiger partial charge on any atom is 0.338 e. The van der Waals surface area contributed by atoms with E-state index in [9.17, 15) is 18.0 Å². The van der Waals surface area contributed by atoms with Crippen molar-refractivity contribution >= 4 is 39.2 Å². The van der Waals surface area contributed by atoms with E-state index in [1.807, 2.05) is 0 Å². The SMILES string of the molecule is CC(C)NS(=O)(=O)c1cccc(C(=O)OC(C)C(=O)Nc2cccnc2Cl)c1. The molecule has 0 radical (unpaired) electrons. The van der Waals surface area contributed by atoms with E-state index in [0.29, 0.717) is 0 Å². The molecule has 8 nitrogen and oxygen atoms in total. The molecule has 0 aliphatic carbocycles. The van der Waals surface area contributed by atoms with Gasteiger partial charge in [0.05, 0.1) is 16.1 Å². The van der Waals surface area contributed by atoms with Gasteiger partial charge in [-0.15, -0.1) is 0 Å². The maximum absolute atomic E-state index is 12.3. The molecule has 2 rings (SSSR count). The number of esters is 1. The van der Waals surface area contributed by atoms with Crippen molar-refractivity contribution in [2.75, 3.05) is 5.32 Å². The maximum atomic E-state index is 12.3. The number of carbonyl (C=O) groups is 2. The molecule has 0 saturated carbocycles. The highest BCUT2D eigenvalue weighted by atomic mass is 35.5. The number of rotatable bonds is 7. The van der Waals surface area contributed by atoms with Gasteiger partial charge in [0.2, 0.25) is 10.0 Å². The molecular weight excluding hydrogens is 406 g/mol. The highest BCUT2D eigenvalue weighted by Gasteiger charge is 2.22. The second-order valence-electron chi connectivity index (χ2n) is 6.18. The molecule has 28 heavy (non-hydrogen) atoms. The lowest BCUT2D eigenvalue weighted by atomic mass is 10.2. The van der Waals surface area contributed by atoms with Crippen molar-refractivity contribution in [2.24, 2.45) is 0 Å². The Kier molecular flexibility index (Phi) is 7.11. The quantitative estimate of drug-likeness (QED) is 0.520. The van der Waals surface area contributed by atoms with Crippen molar-refractivity contribution in [2.45, 2.75) is 37.8 Å². The molecule has 0 aliphatic heterocycles. The minimum Gasteiger partial charge on any atom is -0.449 e. The summed E-state index contributed by atoms with van der Waals surface area (Å²) < 4.78 is 32.0. The lowest BCUT2D eigenvalue weighted by Crippen LogP contribution is -2.31. The first-order chi connectivity index (χ1) is 13.1. The van der Waals surface area contributed by atoms with Gasteiger partial charge in [-0.3, -0.25) is 4.79 Å². The molecule has 1 aromatic heterocycles. The summed E-state index contributed by atoms with van der Waals surface area (Å²) in [5.74, 6) is -1.44. The molecule has 1 atom stereocenters. The minimum atomic E-state index is -3.76. The zero-order chi connectivity index (χ0) is 20.9. The summed E-state index contributed by atoms with van der Waals surface area (Å²) in [5.41, 5.74) is 0.288. The summed E-state index contributed by atoms with van der Waals surface area (Å²) in [6, 6.07) is 8.22. The molecule has 0 bridgehead atoms. The molecule has 150 valence electrons. The van der Waals surface area contributed by atoms with Gasteiger partial charge in [-0.05, 0) is 51.1 Å². The molecule has 0 aliphatic rings. The predicted octanol–water partition coefficient (Wildman–Crippen LogP) is 2.61. The van der Waals surface area contributed by atoms with Crippen LogP contribution in [0.15, 0.2) is 47.5 Å². The molecule has 10 heteroatoms. The average molecular weight is 426 g/mol. The van der Waals surface area contributed by atoms with Crippen LogP contribution >= 0.6 is 11.6 Å². The molecule has 2 N–H and O–H groups in total. The Labute approximate surface area is 168 Å². The number of nitrogens with one attached hydrogen (secondary N) is 2. The Morgan fingerprint density at radius 2 is 1.86 bits per heavy atom. The summed E-state index contributed by atoms with van der Waals surface area (Å²) in [6.45, 7) is 4.76. The number of hydrogen-bond acceptors (Lipinski definition) is 6. The summed E-state index contributed by atoms with van der Waals surface area (Å²) in [4.78, 5) is 28.3. The molecule has 0 fully saturated rings. The number of hydrogen-bond donors (Lipinski definition) is 2. The first kappa shape index (κ1) is 21.8. The molecule has 2 aromatic rings. The van der Waals surface area contributed by atoms with Crippen LogP contribution in [0.3, 0.4) is 0 Å². The molecule has 1 aromatic carbocycles. The average Bonchev–Trinajstić information content (AvgIpc) is 2.62. The molecule has 1 unspecified atom stereocenters. The van der Waals surface area contributed by atoms with Gasteiger partial charge in [0.25, 0.3) is 5.91 Å². The van der Waals surface area contributed by atoms with E-state index in [-0.39, 0.29) is 27.3 Å².